The first-order valence-corrected chi connectivity index (χ1v) is 6.50. The van der Waals surface area contributed by atoms with Gasteiger partial charge in [-0.05, 0) is 44.5 Å². The molecule has 1 aromatic carbocycles. The van der Waals surface area contributed by atoms with Crippen molar-refractivity contribution in [3.05, 3.63) is 45.2 Å². The number of rotatable bonds is 3. The molecule has 18 heavy (non-hydrogen) atoms. The zero-order valence-electron chi connectivity index (χ0n) is 10.4. The minimum atomic E-state index is 0.613. The molecule has 0 amide bonds. The quantitative estimate of drug-likeness (QED) is 0.939. The highest BCUT2D eigenvalue weighted by atomic mass is 35.5. The van der Waals surface area contributed by atoms with Crippen molar-refractivity contribution in [1.82, 2.24) is 9.78 Å². The maximum Gasteiger partial charge on any atom is 0.0848 e. The molecule has 1 aromatic heterocycles. The van der Waals surface area contributed by atoms with E-state index < -0.39 is 0 Å². The van der Waals surface area contributed by atoms with Gasteiger partial charge in [0.25, 0.3) is 0 Å². The molecule has 0 aliphatic rings. The predicted molar refractivity (Wildman–Crippen MR) is 75.8 cm³/mol. The Morgan fingerprint density at radius 1 is 1.28 bits per heavy atom. The van der Waals surface area contributed by atoms with E-state index in [1.807, 2.05) is 32.0 Å². The molecule has 0 bridgehead atoms. The van der Waals surface area contributed by atoms with Crippen molar-refractivity contribution in [2.75, 3.05) is 6.54 Å². The normalized spacial score (nSPS) is 10.9. The van der Waals surface area contributed by atoms with E-state index in [2.05, 4.69) is 5.10 Å². The summed E-state index contributed by atoms with van der Waals surface area (Å²) in [5.41, 5.74) is 9.18. The van der Waals surface area contributed by atoms with Gasteiger partial charge in [-0.15, -0.1) is 0 Å². The minimum Gasteiger partial charge on any atom is -0.330 e. The van der Waals surface area contributed by atoms with Gasteiger partial charge < -0.3 is 5.73 Å². The van der Waals surface area contributed by atoms with Crippen LogP contribution in [0.4, 0.5) is 0 Å². The van der Waals surface area contributed by atoms with Crippen molar-refractivity contribution in [3.63, 3.8) is 0 Å². The van der Waals surface area contributed by atoms with E-state index in [1.165, 1.54) is 0 Å². The van der Waals surface area contributed by atoms with Gasteiger partial charge in [0, 0.05) is 0 Å². The molecular formula is C13H15Cl2N3. The van der Waals surface area contributed by atoms with Gasteiger partial charge in [0.2, 0.25) is 0 Å². The average molecular weight is 284 g/mol. The molecule has 96 valence electrons. The van der Waals surface area contributed by atoms with E-state index in [4.69, 9.17) is 28.9 Å². The number of aryl methyl sites for hydroxylation is 1. The lowest BCUT2D eigenvalue weighted by Gasteiger charge is -2.08. The standard InChI is InChI=1S/C13H15Cl2N3/c1-8-13(15)9(2)18(17-8)12-4-3-10(5-6-16)7-11(12)14/h3-4,7H,5-6,16H2,1-2H3. The lowest BCUT2D eigenvalue weighted by Crippen LogP contribution is -2.04. The maximum absolute atomic E-state index is 6.29. The second-order valence-corrected chi connectivity index (χ2v) is 5.01. The smallest absolute Gasteiger partial charge is 0.0848 e. The number of hydrogen-bond donors (Lipinski definition) is 1. The number of nitrogens with two attached hydrogens (primary N) is 1. The van der Waals surface area contributed by atoms with E-state index in [0.29, 0.717) is 16.6 Å². The molecule has 0 atom stereocenters. The second kappa shape index (κ2) is 5.31. The van der Waals surface area contributed by atoms with Gasteiger partial charge in [-0.25, -0.2) is 4.68 Å². The van der Waals surface area contributed by atoms with Crippen LogP contribution in [-0.2, 0) is 6.42 Å². The van der Waals surface area contributed by atoms with Crippen LogP contribution in [0.15, 0.2) is 18.2 Å². The summed E-state index contributed by atoms with van der Waals surface area (Å²) in [5.74, 6) is 0. The Kier molecular flexibility index (Phi) is 3.95. The van der Waals surface area contributed by atoms with Crippen molar-refractivity contribution in [2.24, 2.45) is 5.73 Å². The molecule has 0 saturated carbocycles. The highest BCUT2D eigenvalue weighted by Crippen LogP contribution is 2.27. The van der Waals surface area contributed by atoms with Crippen molar-refractivity contribution in [3.8, 4) is 5.69 Å². The van der Waals surface area contributed by atoms with Crippen molar-refractivity contribution >= 4 is 23.2 Å². The third-order valence-corrected chi connectivity index (χ3v) is 3.73. The molecule has 0 saturated heterocycles. The van der Waals surface area contributed by atoms with Crippen LogP contribution in [0.3, 0.4) is 0 Å². The number of benzene rings is 1. The van der Waals surface area contributed by atoms with Gasteiger partial charge in [0.15, 0.2) is 0 Å². The molecule has 2 rings (SSSR count). The van der Waals surface area contributed by atoms with Gasteiger partial charge in [-0.1, -0.05) is 29.3 Å². The Bertz CT molecular complexity index is 576. The Balaban J connectivity index is 2.48. The molecule has 3 nitrogen and oxygen atoms in total. The second-order valence-electron chi connectivity index (χ2n) is 4.22. The van der Waals surface area contributed by atoms with Gasteiger partial charge in [-0.2, -0.15) is 5.10 Å². The molecule has 0 radical (unpaired) electrons. The lowest BCUT2D eigenvalue weighted by molar-refractivity contribution is 0.832. The highest BCUT2D eigenvalue weighted by Gasteiger charge is 2.13. The van der Waals surface area contributed by atoms with Crippen LogP contribution in [0.25, 0.3) is 5.69 Å². The van der Waals surface area contributed by atoms with E-state index >= 15 is 0 Å². The largest absolute Gasteiger partial charge is 0.330 e. The molecular weight excluding hydrogens is 269 g/mol. The van der Waals surface area contributed by atoms with Crippen molar-refractivity contribution < 1.29 is 0 Å². The Hall–Kier alpha value is -1.03. The predicted octanol–water partition coefficient (Wildman–Crippen LogP) is 3.30. The van der Waals surface area contributed by atoms with Crippen LogP contribution in [0.2, 0.25) is 10.0 Å². The fourth-order valence-electron chi connectivity index (χ4n) is 1.90. The Labute approximate surface area is 117 Å². The van der Waals surface area contributed by atoms with Crippen molar-refractivity contribution in [1.29, 1.82) is 0 Å². The van der Waals surface area contributed by atoms with Gasteiger partial charge in [0.05, 0.1) is 27.1 Å². The zero-order valence-corrected chi connectivity index (χ0v) is 11.9. The SMILES string of the molecule is Cc1nn(-c2ccc(CCN)cc2Cl)c(C)c1Cl. The molecule has 0 unspecified atom stereocenters. The Morgan fingerprint density at radius 2 is 2.00 bits per heavy atom. The fraction of sp³-hybridized carbons (Fsp3) is 0.308. The minimum absolute atomic E-state index is 0.613. The summed E-state index contributed by atoms with van der Waals surface area (Å²) in [6.07, 6.45) is 0.817. The summed E-state index contributed by atoms with van der Waals surface area (Å²) in [6.45, 7) is 4.41. The number of halogens is 2. The van der Waals surface area contributed by atoms with Crippen LogP contribution in [0.5, 0.6) is 0 Å². The summed E-state index contributed by atoms with van der Waals surface area (Å²) >= 11 is 12.4. The summed E-state index contributed by atoms with van der Waals surface area (Å²) in [4.78, 5) is 0. The third-order valence-electron chi connectivity index (χ3n) is 2.88. The van der Waals surface area contributed by atoms with Gasteiger partial charge in [-0.3, -0.25) is 0 Å². The molecule has 0 spiro atoms. The summed E-state index contributed by atoms with van der Waals surface area (Å²) in [7, 11) is 0. The van der Waals surface area contributed by atoms with E-state index in [1.54, 1.807) is 4.68 Å². The third kappa shape index (κ3) is 2.39. The van der Waals surface area contributed by atoms with Crippen LogP contribution in [0, 0.1) is 13.8 Å². The molecule has 2 N–H and O–H groups in total. The fourth-order valence-corrected chi connectivity index (χ4v) is 2.30. The molecule has 2 aromatic rings. The molecule has 0 aliphatic heterocycles. The van der Waals surface area contributed by atoms with Crippen LogP contribution < -0.4 is 5.73 Å². The Morgan fingerprint density at radius 3 is 2.50 bits per heavy atom. The summed E-state index contributed by atoms with van der Waals surface area (Å²) < 4.78 is 1.77. The van der Waals surface area contributed by atoms with Gasteiger partial charge in [0.1, 0.15) is 0 Å². The zero-order chi connectivity index (χ0) is 13.3. The maximum atomic E-state index is 6.29. The first-order valence-electron chi connectivity index (χ1n) is 5.75. The van der Waals surface area contributed by atoms with Crippen LogP contribution in [-0.4, -0.2) is 16.3 Å². The highest BCUT2D eigenvalue weighted by molar-refractivity contribution is 6.33. The number of aromatic nitrogens is 2. The van der Waals surface area contributed by atoms with E-state index in [9.17, 15) is 0 Å². The first kappa shape index (κ1) is 13.4. The van der Waals surface area contributed by atoms with E-state index in [-0.39, 0.29) is 0 Å². The number of hydrogen-bond acceptors (Lipinski definition) is 2. The topological polar surface area (TPSA) is 43.8 Å². The molecule has 5 heteroatoms. The van der Waals surface area contributed by atoms with E-state index in [0.717, 1.165) is 29.1 Å². The molecule has 0 aliphatic carbocycles. The van der Waals surface area contributed by atoms with Crippen LogP contribution in [0.1, 0.15) is 17.0 Å². The summed E-state index contributed by atoms with van der Waals surface area (Å²) in [5, 5.41) is 5.73. The first-order chi connectivity index (χ1) is 8.54. The average Bonchev–Trinajstić information content (AvgIpc) is 2.58. The lowest BCUT2D eigenvalue weighted by atomic mass is 10.1. The molecule has 0 fully saturated rings. The summed E-state index contributed by atoms with van der Waals surface area (Å²) in [6, 6.07) is 5.88. The van der Waals surface area contributed by atoms with Crippen molar-refractivity contribution in [2.45, 2.75) is 20.3 Å². The molecule has 1 heterocycles. The monoisotopic (exact) mass is 283 g/mol. The number of nitrogens with zero attached hydrogens (tertiary/aromatic N) is 2. The van der Waals surface area contributed by atoms with Crippen LogP contribution >= 0.6 is 23.2 Å². The van der Waals surface area contributed by atoms with Gasteiger partial charge >= 0.3 is 0 Å².